The van der Waals surface area contributed by atoms with Gasteiger partial charge < -0.3 is 25.8 Å². The van der Waals surface area contributed by atoms with E-state index in [2.05, 4.69) is 32.2 Å². The van der Waals surface area contributed by atoms with Gasteiger partial charge in [-0.05, 0) is 34.9 Å². The molecule has 0 aliphatic heterocycles. The smallest absolute Gasteiger partial charge is 0.277 e. The minimum atomic E-state index is -0.423. The molecule has 1 heterocycles. The predicted molar refractivity (Wildman–Crippen MR) is 96.1 cm³/mol. The van der Waals surface area contributed by atoms with Gasteiger partial charge in [0.2, 0.25) is 11.5 Å². The third-order valence-corrected chi connectivity index (χ3v) is 3.31. The third-order valence-electron chi connectivity index (χ3n) is 3.31. The number of carbonyl (C=O) groups is 1. The number of nitrogen functional groups attached to an aromatic ring is 1. The Labute approximate surface area is 151 Å². The van der Waals surface area contributed by atoms with Gasteiger partial charge in [0.05, 0.1) is 6.61 Å². The minimum Gasteiger partial charge on any atom is -0.490 e. The normalized spacial score (nSPS) is 10.3. The summed E-state index contributed by atoms with van der Waals surface area (Å²) in [6.07, 6.45) is 1.68. The van der Waals surface area contributed by atoms with Crippen LogP contribution in [-0.2, 0) is 6.54 Å². The van der Waals surface area contributed by atoms with Crippen LogP contribution in [0.15, 0.2) is 35.5 Å². The summed E-state index contributed by atoms with van der Waals surface area (Å²) in [5.41, 5.74) is 6.48. The second-order valence-electron chi connectivity index (χ2n) is 5.24. The second-order valence-corrected chi connectivity index (χ2v) is 5.24. The summed E-state index contributed by atoms with van der Waals surface area (Å²) in [5, 5.41) is 12.7. The van der Waals surface area contributed by atoms with Gasteiger partial charge in [0, 0.05) is 19.6 Å². The van der Waals surface area contributed by atoms with Crippen molar-refractivity contribution in [2.75, 3.05) is 32.0 Å². The summed E-state index contributed by atoms with van der Waals surface area (Å²) >= 11 is 0. The lowest BCUT2D eigenvalue weighted by Crippen LogP contribution is -2.32. The first-order valence-electron chi connectivity index (χ1n) is 8.22. The predicted octanol–water partition coefficient (Wildman–Crippen LogP) is 1.13. The lowest BCUT2D eigenvalue weighted by atomic mass is 10.2. The van der Waals surface area contributed by atoms with E-state index in [-0.39, 0.29) is 11.5 Å². The number of rotatable bonds is 11. The molecule has 0 saturated carbocycles. The molecular formula is C17H23N5O4. The van der Waals surface area contributed by atoms with Crippen LogP contribution in [0.1, 0.15) is 23.0 Å². The molecule has 1 aromatic carbocycles. The van der Waals surface area contributed by atoms with Crippen LogP contribution in [0.2, 0.25) is 0 Å². The van der Waals surface area contributed by atoms with Crippen LogP contribution >= 0.6 is 0 Å². The molecule has 26 heavy (non-hydrogen) atoms. The highest BCUT2D eigenvalue weighted by molar-refractivity contribution is 5.95. The Balaban J connectivity index is 1.78. The van der Waals surface area contributed by atoms with Gasteiger partial charge in [-0.25, -0.2) is 4.63 Å². The first-order chi connectivity index (χ1) is 12.7. The highest BCUT2D eigenvalue weighted by atomic mass is 16.6. The molecule has 0 bridgehead atoms. The minimum absolute atomic E-state index is 0.0125. The Hall–Kier alpha value is -3.07. The van der Waals surface area contributed by atoms with Crippen LogP contribution in [0.25, 0.3) is 0 Å². The Bertz CT molecular complexity index is 732. The first kappa shape index (κ1) is 19.3. The van der Waals surface area contributed by atoms with E-state index in [1.165, 1.54) is 0 Å². The van der Waals surface area contributed by atoms with Gasteiger partial charge in [-0.2, -0.15) is 0 Å². The van der Waals surface area contributed by atoms with E-state index < -0.39 is 5.91 Å². The maximum absolute atomic E-state index is 11.8. The summed E-state index contributed by atoms with van der Waals surface area (Å²) in [6, 6.07) is 5.75. The molecule has 9 nitrogen and oxygen atoms in total. The van der Waals surface area contributed by atoms with Crippen molar-refractivity contribution in [3.63, 3.8) is 0 Å². The molecule has 0 saturated heterocycles. The maximum Gasteiger partial charge on any atom is 0.277 e. The third kappa shape index (κ3) is 5.49. The number of hydrogen-bond donors (Lipinski definition) is 3. The van der Waals surface area contributed by atoms with Crippen molar-refractivity contribution < 1.29 is 18.9 Å². The molecule has 2 aromatic rings. The summed E-state index contributed by atoms with van der Waals surface area (Å²) < 4.78 is 15.6. The molecule has 1 amide bonds. The number of aromatic nitrogens is 2. The number of nitrogens with one attached hydrogen (secondary N) is 2. The molecule has 0 spiro atoms. The average molecular weight is 361 g/mol. The molecular weight excluding hydrogens is 338 g/mol. The number of carbonyl (C=O) groups excluding carboxylic acids is 1. The standard InChI is InChI=1S/C17H23N5O4/c1-3-9-25-13-6-5-12(10-14(13)24-4-2)11-19-7-8-20-17(23)15-16(18)22-26-21-15/h3,5-6,10,19H,1,4,7-9,11H2,2H3,(H2,18,22)(H,20,23). The van der Waals surface area contributed by atoms with Crippen molar-refractivity contribution in [3.05, 3.63) is 42.1 Å². The van der Waals surface area contributed by atoms with Gasteiger partial charge in [-0.3, -0.25) is 4.79 Å². The summed E-state index contributed by atoms with van der Waals surface area (Å²) in [6.45, 7) is 8.11. The molecule has 2 rings (SSSR count). The van der Waals surface area contributed by atoms with Crippen LogP contribution in [0.4, 0.5) is 5.82 Å². The van der Waals surface area contributed by atoms with Crippen molar-refractivity contribution in [3.8, 4) is 11.5 Å². The number of anilines is 1. The fourth-order valence-corrected chi connectivity index (χ4v) is 2.13. The zero-order valence-corrected chi connectivity index (χ0v) is 14.7. The lowest BCUT2D eigenvalue weighted by molar-refractivity contribution is 0.0944. The van der Waals surface area contributed by atoms with E-state index in [0.717, 1.165) is 5.56 Å². The zero-order valence-electron chi connectivity index (χ0n) is 14.7. The second kappa shape index (κ2) is 10.0. The van der Waals surface area contributed by atoms with E-state index in [4.69, 9.17) is 15.2 Å². The van der Waals surface area contributed by atoms with Crippen LogP contribution in [0, 0.1) is 0 Å². The van der Waals surface area contributed by atoms with Crippen LogP contribution in [0.3, 0.4) is 0 Å². The fourth-order valence-electron chi connectivity index (χ4n) is 2.13. The highest BCUT2D eigenvalue weighted by Gasteiger charge is 2.14. The van der Waals surface area contributed by atoms with Gasteiger partial charge in [-0.1, -0.05) is 18.7 Å². The molecule has 0 radical (unpaired) electrons. The molecule has 9 heteroatoms. The van der Waals surface area contributed by atoms with Crippen molar-refractivity contribution in [1.29, 1.82) is 0 Å². The van der Waals surface area contributed by atoms with Crippen LogP contribution in [0.5, 0.6) is 11.5 Å². The van der Waals surface area contributed by atoms with Crippen molar-refractivity contribution in [2.45, 2.75) is 13.5 Å². The van der Waals surface area contributed by atoms with Crippen LogP contribution < -0.4 is 25.8 Å². The van der Waals surface area contributed by atoms with Gasteiger partial charge in [0.1, 0.15) is 6.61 Å². The Morgan fingerprint density at radius 3 is 2.85 bits per heavy atom. The average Bonchev–Trinajstić information content (AvgIpc) is 3.07. The van der Waals surface area contributed by atoms with Crippen molar-refractivity contribution in [1.82, 2.24) is 20.9 Å². The molecule has 1 aromatic heterocycles. The van der Waals surface area contributed by atoms with E-state index in [0.29, 0.717) is 44.3 Å². The monoisotopic (exact) mass is 361 g/mol. The Morgan fingerprint density at radius 2 is 2.15 bits per heavy atom. The summed E-state index contributed by atoms with van der Waals surface area (Å²) in [4.78, 5) is 11.8. The zero-order chi connectivity index (χ0) is 18.8. The van der Waals surface area contributed by atoms with Gasteiger partial charge >= 0.3 is 0 Å². The number of nitrogens with two attached hydrogens (primary N) is 1. The molecule has 0 unspecified atom stereocenters. The molecule has 140 valence electrons. The molecule has 0 aliphatic rings. The Morgan fingerprint density at radius 1 is 1.31 bits per heavy atom. The number of hydrogen-bond acceptors (Lipinski definition) is 8. The molecule has 0 aliphatic carbocycles. The lowest BCUT2D eigenvalue weighted by Gasteiger charge is -2.13. The first-order valence-corrected chi connectivity index (χ1v) is 8.22. The quantitative estimate of drug-likeness (QED) is 0.402. The van der Waals surface area contributed by atoms with E-state index in [1.807, 2.05) is 25.1 Å². The topological polar surface area (TPSA) is 125 Å². The van der Waals surface area contributed by atoms with E-state index >= 15 is 0 Å². The number of amides is 1. The van der Waals surface area contributed by atoms with Crippen LogP contribution in [-0.4, -0.2) is 42.5 Å². The number of nitrogens with zero attached hydrogens (tertiary/aromatic N) is 2. The molecule has 4 N–H and O–H groups in total. The summed E-state index contributed by atoms with van der Waals surface area (Å²) in [5.74, 6) is 0.920. The van der Waals surface area contributed by atoms with Crippen molar-refractivity contribution >= 4 is 11.7 Å². The SMILES string of the molecule is C=CCOc1ccc(CNCCNC(=O)c2nonc2N)cc1OCC. The number of benzene rings is 1. The van der Waals surface area contributed by atoms with Gasteiger partial charge in [-0.15, -0.1) is 0 Å². The number of ether oxygens (including phenoxy) is 2. The maximum atomic E-state index is 11.8. The summed E-state index contributed by atoms with van der Waals surface area (Å²) in [7, 11) is 0. The van der Waals surface area contributed by atoms with Crippen molar-refractivity contribution in [2.24, 2.45) is 0 Å². The molecule has 0 atom stereocenters. The van der Waals surface area contributed by atoms with E-state index in [9.17, 15) is 4.79 Å². The van der Waals surface area contributed by atoms with E-state index in [1.54, 1.807) is 6.08 Å². The Kier molecular flexibility index (Phi) is 7.44. The largest absolute Gasteiger partial charge is 0.490 e. The molecule has 0 fully saturated rings. The van der Waals surface area contributed by atoms with Gasteiger partial charge in [0.15, 0.2) is 11.5 Å². The highest BCUT2D eigenvalue weighted by Crippen LogP contribution is 2.28. The fraction of sp³-hybridized carbons (Fsp3) is 0.353. The van der Waals surface area contributed by atoms with Gasteiger partial charge in [0.25, 0.3) is 5.91 Å².